The second-order valence-corrected chi connectivity index (χ2v) is 10.8. The van der Waals surface area contributed by atoms with Gasteiger partial charge in [-0.2, -0.15) is 0 Å². The van der Waals surface area contributed by atoms with Gasteiger partial charge in [0.15, 0.2) is 5.82 Å². The van der Waals surface area contributed by atoms with E-state index in [0.717, 1.165) is 35.1 Å². The van der Waals surface area contributed by atoms with E-state index < -0.39 is 17.8 Å². The standard InChI is InChI=1S/C31H34N6O7/c1-2-3-5-24-35-29-30(36(24)17-19-15-20(38)9-11-23(19)39)21-10-8-18(14-22(21)34-31(29)32)16-33-25(40)6-4-7-28(43)44-37-26(41)12-13-27(37)42/h8-11,14-15,38-39H,2-7,12-13,16-17H2,1H3,(H2,32,34)(H,33,40). The number of amides is 3. The molecule has 230 valence electrons. The van der Waals surface area contributed by atoms with E-state index in [4.69, 9.17) is 15.6 Å². The maximum Gasteiger partial charge on any atom is 0.333 e. The highest BCUT2D eigenvalue weighted by Gasteiger charge is 2.32. The van der Waals surface area contributed by atoms with Gasteiger partial charge in [0.1, 0.15) is 22.8 Å². The number of imidazole rings is 1. The van der Waals surface area contributed by atoms with Crippen LogP contribution in [-0.4, -0.2) is 53.5 Å². The van der Waals surface area contributed by atoms with Crippen LogP contribution in [0.15, 0.2) is 36.4 Å². The molecule has 3 heterocycles. The third-order valence-corrected chi connectivity index (χ3v) is 7.47. The van der Waals surface area contributed by atoms with Crippen LogP contribution in [0.2, 0.25) is 0 Å². The molecule has 1 aliphatic heterocycles. The Bertz CT molecular complexity index is 1750. The van der Waals surface area contributed by atoms with Crippen molar-refractivity contribution >= 4 is 51.4 Å². The summed E-state index contributed by atoms with van der Waals surface area (Å²) < 4.78 is 2.00. The summed E-state index contributed by atoms with van der Waals surface area (Å²) in [5, 5.41) is 24.6. The van der Waals surface area contributed by atoms with E-state index in [1.807, 2.05) is 22.8 Å². The number of aromatic hydroxyl groups is 2. The van der Waals surface area contributed by atoms with Crippen LogP contribution in [-0.2, 0) is 43.5 Å². The summed E-state index contributed by atoms with van der Waals surface area (Å²) in [7, 11) is 0. The van der Waals surface area contributed by atoms with Crippen molar-refractivity contribution in [2.24, 2.45) is 0 Å². The Morgan fingerprint density at radius 2 is 1.80 bits per heavy atom. The zero-order valence-electron chi connectivity index (χ0n) is 24.3. The molecule has 0 atom stereocenters. The van der Waals surface area contributed by atoms with E-state index in [-0.39, 0.29) is 68.4 Å². The third kappa shape index (κ3) is 6.56. The molecule has 1 saturated heterocycles. The lowest BCUT2D eigenvalue weighted by molar-refractivity contribution is -0.197. The van der Waals surface area contributed by atoms with Gasteiger partial charge in [0.05, 0.1) is 17.6 Å². The summed E-state index contributed by atoms with van der Waals surface area (Å²) in [5.41, 5.74) is 9.63. The van der Waals surface area contributed by atoms with Crippen molar-refractivity contribution in [2.45, 2.75) is 71.4 Å². The number of benzene rings is 2. The van der Waals surface area contributed by atoms with Gasteiger partial charge in [0, 0.05) is 49.6 Å². The number of pyridine rings is 1. The molecule has 0 radical (unpaired) electrons. The lowest BCUT2D eigenvalue weighted by atomic mass is 10.1. The number of nitrogens with zero attached hydrogens (tertiary/aromatic N) is 4. The quantitative estimate of drug-likeness (QED) is 0.138. The van der Waals surface area contributed by atoms with E-state index in [1.54, 1.807) is 0 Å². The molecule has 1 aliphatic rings. The number of imide groups is 1. The van der Waals surface area contributed by atoms with Crippen molar-refractivity contribution in [3.8, 4) is 11.5 Å². The first-order valence-electron chi connectivity index (χ1n) is 14.6. The number of aryl methyl sites for hydroxylation is 1. The predicted octanol–water partition coefficient (Wildman–Crippen LogP) is 3.36. The predicted molar refractivity (Wildman–Crippen MR) is 160 cm³/mol. The van der Waals surface area contributed by atoms with Crippen LogP contribution in [0.1, 0.15) is 68.8 Å². The van der Waals surface area contributed by atoms with Gasteiger partial charge in [-0.3, -0.25) is 14.4 Å². The Morgan fingerprint density at radius 1 is 1.02 bits per heavy atom. The Balaban J connectivity index is 1.29. The summed E-state index contributed by atoms with van der Waals surface area (Å²) in [6.07, 6.45) is 2.73. The van der Waals surface area contributed by atoms with Crippen molar-refractivity contribution in [3.63, 3.8) is 0 Å². The van der Waals surface area contributed by atoms with Crippen molar-refractivity contribution in [1.29, 1.82) is 0 Å². The van der Waals surface area contributed by atoms with Gasteiger partial charge in [-0.1, -0.05) is 25.5 Å². The number of anilines is 1. The van der Waals surface area contributed by atoms with Crippen molar-refractivity contribution in [2.75, 3.05) is 5.73 Å². The summed E-state index contributed by atoms with van der Waals surface area (Å²) in [5.74, 6) is -0.967. The Labute approximate surface area is 252 Å². The number of carbonyl (C=O) groups is 4. The maximum atomic E-state index is 12.4. The highest BCUT2D eigenvalue weighted by Crippen LogP contribution is 2.32. The molecule has 13 nitrogen and oxygen atoms in total. The minimum absolute atomic E-state index is 0.0174. The largest absolute Gasteiger partial charge is 0.508 e. The fourth-order valence-corrected chi connectivity index (χ4v) is 5.17. The van der Waals surface area contributed by atoms with E-state index in [2.05, 4.69) is 17.2 Å². The summed E-state index contributed by atoms with van der Waals surface area (Å²) in [6.45, 7) is 2.58. The Kier molecular flexibility index (Phi) is 8.93. The topological polar surface area (TPSA) is 190 Å². The molecule has 2 aromatic heterocycles. The third-order valence-electron chi connectivity index (χ3n) is 7.47. The van der Waals surface area contributed by atoms with Crippen LogP contribution in [0.4, 0.5) is 5.82 Å². The molecule has 4 aromatic rings. The summed E-state index contributed by atoms with van der Waals surface area (Å²) in [4.78, 5) is 61.7. The molecule has 2 aromatic carbocycles. The normalized spacial score (nSPS) is 13.2. The van der Waals surface area contributed by atoms with Gasteiger partial charge >= 0.3 is 5.97 Å². The van der Waals surface area contributed by atoms with Crippen LogP contribution in [0, 0.1) is 0 Å². The SMILES string of the molecule is CCCCc1nc2c(N)nc3cc(CNC(=O)CCCC(=O)ON4C(=O)CCC4=O)ccc3c2n1Cc1cc(O)ccc1O. The fourth-order valence-electron chi connectivity index (χ4n) is 5.17. The fraction of sp³-hybridized carbons (Fsp3) is 0.355. The molecule has 13 heteroatoms. The van der Waals surface area contributed by atoms with Gasteiger partial charge < -0.3 is 30.7 Å². The molecule has 5 N–H and O–H groups in total. The number of phenolic OH excluding ortho intramolecular Hbond substituents is 2. The van der Waals surface area contributed by atoms with Crippen molar-refractivity contribution in [3.05, 3.63) is 53.3 Å². The number of hydrogen-bond donors (Lipinski definition) is 4. The van der Waals surface area contributed by atoms with Gasteiger partial charge in [-0.05, 0) is 42.7 Å². The lowest BCUT2D eigenvalue weighted by Crippen LogP contribution is -2.32. The number of nitrogen functional groups attached to an aromatic ring is 1. The van der Waals surface area contributed by atoms with E-state index >= 15 is 0 Å². The number of fused-ring (bicyclic) bond motifs is 3. The highest BCUT2D eigenvalue weighted by molar-refractivity contribution is 6.07. The lowest BCUT2D eigenvalue weighted by Gasteiger charge is -2.13. The molecule has 0 unspecified atom stereocenters. The molecule has 44 heavy (non-hydrogen) atoms. The molecule has 0 bridgehead atoms. The van der Waals surface area contributed by atoms with E-state index in [1.165, 1.54) is 18.2 Å². The number of unbranched alkanes of at least 4 members (excludes halogenated alkanes) is 1. The van der Waals surface area contributed by atoms with Gasteiger partial charge in [-0.15, -0.1) is 5.06 Å². The molecule has 0 spiro atoms. The average molecular weight is 603 g/mol. The number of phenols is 2. The molecule has 3 amide bonds. The Morgan fingerprint density at radius 3 is 2.55 bits per heavy atom. The van der Waals surface area contributed by atoms with Gasteiger partial charge in [-0.25, -0.2) is 14.8 Å². The number of hydroxylamine groups is 2. The number of carbonyl (C=O) groups excluding carboxylic acids is 4. The van der Waals surface area contributed by atoms with Crippen molar-refractivity contribution in [1.82, 2.24) is 24.9 Å². The summed E-state index contributed by atoms with van der Waals surface area (Å²) in [6, 6.07) is 10.0. The summed E-state index contributed by atoms with van der Waals surface area (Å²) >= 11 is 0. The average Bonchev–Trinajstić information content (AvgIpc) is 3.52. The van der Waals surface area contributed by atoms with E-state index in [0.29, 0.717) is 28.1 Å². The van der Waals surface area contributed by atoms with E-state index in [9.17, 15) is 29.4 Å². The smallest absolute Gasteiger partial charge is 0.333 e. The number of nitrogens with one attached hydrogen (secondary N) is 1. The van der Waals surface area contributed by atoms with Gasteiger partial charge in [0.25, 0.3) is 11.8 Å². The van der Waals surface area contributed by atoms with Gasteiger partial charge in [0.2, 0.25) is 5.91 Å². The Hall–Kier alpha value is -5.20. The minimum Gasteiger partial charge on any atom is -0.508 e. The minimum atomic E-state index is -0.748. The zero-order chi connectivity index (χ0) is 31.4. The highest BCUT2D eigenvalue weighted by atomic mass is 16.7. The first-order chi connectivity index (χ1) is 21.1. The van der Waals surface area contributed by atoms with Crippen LogP contribution in [0.25, 0.3) is 21.9 Å². The number of hydrogen-bond acceptors (Lipinski definition) is 10. The molecule has 0 saturated carbocycles. The second-order valence-electron chi connectivity index (χ2n) is 10.8. The van der Waals surface area contributed by atoms with Crippen LogP contribution in [0.3, 0.4) is 0 Å². The molecular formula is C31H34N6O7. The molecular weight excluding hydrogens is 568 g/mol. The van der Waals surface area contributed by atoms with Crippen LogP contribution in [0.5, 0.6) is 11.5 Å². The number of nitrogens with two attached hydrogens (primary N) is 1. The molecule has 5 rings (SSSR count). The number of rotatable bonds is 12. The number of aromatic nitrogens is 3. The molecule has 1 fully saturated rings. The van der Waals surface area contributed by atoms with Crippen molar-refractivity contribution < 1.29 is 34.2 Å². The maximum absolute atomic E-state index is 12.4. The zero-order valence-corrected chi connectivity index (χ0v) is 24.3. The first kappa shape index (κ1) is 30.3. The molecule has 0 aliphatic carbocycles. The van der Waals surface area contributed by atoms with Crippen LogP contribution >= 0.6 is 0 Å². The first-order valence-corrected chi connectivity index (χ1v) is 14.6. The second kappa shape index (κ2) is 13.0. The van der Waals surface area contributed by atoms with Crippen LogP contribution < -0.4 is 11.1 Å². The monoisotopic (exact) mass is 602 g/mol.